The minimum atomic E-state index is 0. The third-order valence-corrected chi connectivity index (χ3v) is 4.05. The van der Waals surface area contributed by atoms with Gasteiger partial charge in [0.2, 0.25) is 0 Å². The molecule has 1 amide bonds. The van der Waals surface area contributed by atoms with Gasteiger partial charge in [0.25, 0.3) is 5.91 Å². The van der Waals surface area contributed by atoms with Gasteiger partial charge in [-0.2, -0.15) is 0 Å². The van der Waals surface area contributed by atoms with Crippen molar-refractivity contribution in [1.82, 2.24) is 14.8 Å². The molecule has 2 saturated heterocycles. The molecule has 2 aliphatic rings. The summed E-state index contributed by atoms with van der Waals surface area (Å²) < 4.78 is 1.92. The van der Waals surface area contributed by atoms with E-state index in [1.165, 1.54) is 6.42 Å². The van der Waals surface area contributed by atoms with Crippen LogP contribution < -0.4 is 5.32 Å². The number of amides is 1. The topological polar surface area (TPSA) is 37.3 Å². The highest BCUT2D eigenvalue weighted by Crippen LogP contribution is 2.29. The number of carbonyl (C=O) groups is 1. The van der Waals surface area contributed by atoms with Gasteiger partial charge in [-0.1, -0.05) is 0 Å². The third kappa shape index (κ3) is 2.15. The predicted molar refractivity (Wildman–Crippen MR) is 73.1 cm³/mol. The van der Waals surface area contributed by atoms with E-state index in [0.717, 1.165) is 31.6 Å². The zero-order chi connectivity index (χ0) is 11.8. The number of aromatic nitrogens is 1. The van der Waals surface area contributed by atoms with E-state index in [1.54, 1.807) is 0 Å². The summed E-state index contributed by atoms with van der Waals surface area (Å²) >= 11 is 0. The highest BCUT2D eigenvalue weighted by atomic mass is 35.5. The molecule has 18 heavy (non-hydrogen) atoms. The smallest absolute Gasteiger partial charge is 0.271 e. The molecule has 0 aliphatic carbocycles. The van der Waals surface area contributed by atoms with Gasteiger partial charge in [-0.3, -0.25) is 4.79 Å². The second-order valence-corrected chi connectivity index (χ2v) is 5.09. The molecule has 0 saturated carbocycles. The average Bonchev–Trinajstić information content (AvgIpc) is 2.81. The highest BCUT2D eigenvalue weighted by molar-refractivity contribution is 5.93. The lowest BCUT2D eigenvalue weighted by molar-refractivity contribution is 0.0670. The maximum Gasteiger partial charge on any atom is 0.271 e. The molecular formula is C13H20ClN3O. The monoisotopic (exact) mass is 269 g/mol. The summed E-state index contributed by atoms with van der Waals surface area (Å²) in [5.74, 6) is 0.203. The van der Waals surface area contributed by atoms with Crippen molar-refractivity contribution in [2.24, 2.45) is 7.05 Å². The summed E-state index contributed by atoms with van der Waals surface area (Å²) in [5, 5.41) is 3.42. The standard InChI is InChI=1S/C13H19N3O.ClH/c1-15-8-2-3-12(15)13(17)16-10-4-5-11(16)9-14-7-6-10;/h2-3,8,10-11,14H,4-7,9H2,1H3;1H. The van der Waals surface area contributed by atoms with Crippen LogP contribution in [0.15, 0.2) is 18.3 Å². The molecule has 2 atom stereocenters. The first-order valence-corrected chi connectivity index (χ1v) is 6.42. The van der Waals surface area contributed by atoms with Crippen molar-refractivity contribution in [3.05, 3.63) is 24.0 Å². The zero-order valence-electron chi connectivity index (χ0n) is 10.6. The maximum atomic E-state index is 12.6. The molecule has 3 heterocycles. The molecule has 4 nitrogen and oxygen atoms in total. The van der Waals surface area contributed by atoms with E-state index in [-0.39, 0.29) is 18.3 Å². The number of rotatable bonds is 1. The Balaban J connectivity index is 0.00000120. The first kappa shape index (κ1) is 13.4. The molecule has 0 radical (unpaired) electrons. The van der Waals surface area contributed by atoms with Gasteiger partial charge in [0, 0.05) is 31.9 Å². The summed E-state index contributed by atoms with van der Waals surface area (Å²) in [4.78, 5) is 14.7. The van der Waals surface area contributed by atoms with Gasteiger partial charge in [-0.15, -0.1) is 12.4 Å². The van der Waals surface area contributed by atoms with Crippen molar-refractivity contribution in [3.8, 4) is 0 Å². The van der Waals surface area contributed by atoms with E-state index in [0.29, 0.717) is 12.1 Å². The summed E-state index contributed by atoms with van der Waals surface area (Å²) in [5.41, 5.74) is 0.809. The number of nitrogens with one attached hydrogen (secondary N) is 1. The van der Waals surface area contributed by atoms with Crippen LogP contribution in [-0.2, 0) is 7.05 Å². The van der Waals surface area contributed by atoms with E-state index in [9.17, 15) is 4.79 Å². The van der Waals surface area contributed by atoms with Crippen LogP contribution in [0, 0.1) is 0 Å². The first-order chi connectivity index (χ1) is 8.27. The molecule has 2 unspecified atom stereocenters. The van der Waals surface area contributed by atoms with E-state index >= 15 is 0 Å². The molecule has 0 spiro atoms. The fourth-order valence-corrected chi connectivity index (χ4v) is 3.13. The Morgan fingerprint density at radius 3 is 2.83 bits per heavy atom. The zero-order valence-corrected chi connectivity index (χ0v) is 11.4. The first-order valence-electron chi connectivity index (χ1n) is 6.42. The van der Waals surface area contributed by atoms with Crippen LogP contribution in [0.4, 0.5) is 0 Å². The molecule has 2 fully saturated rings. The van der Waals surface area contributed by atoms with Gasteiger partial charge in [0.05, 0.1) is 0 Å². The molecule has 2 bridgehead atoms. The molecule has 0 aromatic carbocycles. The Kier molecular flexibility index (Phi) is 3.97. The Labute approximate surface area is 114 Å². The van der Waals surface area contributed by atoms with Crippen molar-refractivity contribution in [3.63, 3.8) is 0 Å². The van der Waals surface area contributed by atoms with Crippen LogP contribution in [0.2, 0.25) is 0 Å². The van der Waals surface area contributed by atoms with Crippen LogP contribution in [0.1, 0.15) is 29.8 Å². The lowest BCUT2D eigenvalue weighted by atomic mass is 10.1. The molecule has 2 aliphatic heterocycles. The Morgan fingerprint density at radius 1 is 1.33 bits per heavy atom. The van der Waals surface area contributed by atoms with Gasteiger partial charge in [-0.25, -0.2) is 0 Å². The minimum absolute atomic E-state index is 0. The van der Waals surface area contributed by atoms with Crippen LogP contribution in [-0.4, -0.2) is 40.5 Å². The Bertz CT molecular complexity index is 418. The fourth-order valence-electron chi connectivity index (χ4n) is 3.13. The normalized spacial score (nSPS) is 26.6. The number of aryl methyl sites for hydroxylation is 1. The second-order valence-electron chi connectivity index (χ2n) is 5.09. The van der Waals surface area contributed by atoms with E-state index in [2.05, 4.69) is 10.2 Å². The van der Waals surface area contributed by atoms with Crippen molar-refractivity contribution in [2.45, 2.75) is 31.3 Å². The Morgan fingerprint density at radius 2 is 2.11 bits per heavy atom. The van der Waals surface area contributed by atoms with Crippen LogP contribution in [0.3, 0.4) is 0 Å². The molecule has 100 valence electrons. The van der Waals surface area contributed by atoms with Crippen LogP contribution >= 0.6 is 12.4 Å². The summed E-state index contributed by atoms with van der Waals surface area (Å²) in [6.45, 7) is 1.99. The molecule has 3 rings (SSSR count). The van der Waals surface area contributed by atoms with E-state index in [4.69, 9.17) is 0 Å². The molecule has 1 N–H and O–H groups in total. The van der Waals surface area contributed by atoms with E-state index in [1.807, 2.05) is 29.9 Å². The molecular weight excluding hydrogens is 250 g/mol. The van der Waals surface area contributed by atoms with Crippen LogP contribution in [0.25, 0.3) is 0 Å². The molecule has 1 aromatic heterocycles. The van der Waals surface area contributed by atoms with Gasteiger partial charge in [-0.05, 0) is 37.9 Å². The number of hydrogen-bond acceptors (Lipinski definition) is 2. The maximum absolute atomic E-state index is 12.6. The number of hydrogen-bond donors (Lipinski definition) is 1. The van der Waals surface area contributed by atoms with Gasteiger partial charge in [0.1, 0.15) is 5.69 Å². The summed E-state index contributed by atoms with van der Waals surface area (Å²) in [6, 6.07) is 4.69. The fraction of sp³-hybridized carbons (Fsp3) is 0.615. The summed E-state index contributed by atoms with van der Waals surface area (Å²) in [7, 11) is 1.94. The highest BCUT2D eigenvalue weighted by Gasteiger charge is 2.38. The van der Waals surface area contributed by atoms with Gasteiger partial charge >= 0.3 is 0 Å². The number of halogens is 1. The SMILES string of the molecule is Cl.Cn1cccc1C(=O)N1C2CCNCC1CC2. The number of carbonyl (C=O) groups excluding carboxylic acids is 1. The predicted octanol–water partition coefficient (Wildman–Crippen LogP) is 1.41. The minimum Gasteiger partial charge on any atom is -0.347 e. The van der Waals surface area contributed by atoms with E-state index < -0.39 is 0 Å². The van der Waals surface area contributed by atoms with Crippen molar-refractivity contribution in [1.29, 1.82) is 0 Å². The second kappa shape index (κ2) is 5.33. The van der Waals surface area contributed by atoms with Crippen molar-refractivity contribution < 1.29 is 4.79 Å². The lowest BCUT2D eigenvalue weighted by Crippen LogP contribution is -2.43. The number of nitrogens with zero attached hydrogens (tertiary/aromatic N) is 2. The molecule has 1 aromatic rings. The van der Waals surface area contributed by atoms with Gasteiger partial charge in [0.15, 0.2) is 0 Å². The quantitative estimate of drug-likeness (QED) is 0.837. The third-order valence-electron chi connectivity index (χ3n) is 4.05. The molecule has 5 heteroatoms. The van der Waals surface area contributed by atoms with Crippen LogP contribution in [0.5, 0.6) is 0 Å². The summed E-state index contributed by atoms with van der Waals surface area (Å²) in [6.07, 6.45) is 5.34. The Hall–Kier alpha value is -1.00. The number of fused-ring (bicyclic) bond motifs is 2. The lowest BCUT2D eigenvalue weighted by Gasteiger charge is -2.28. The largest absolute Gasteiger partial charge is 0.347 e. The van der Waals surface area contributed by atoms with Crippen molar-refractivity contribution in [2.75, 3.05) is 13.1 Å². The van der Waals surface area contributed by atoms with Gasteiger partial charge < -0.3 is 14.8 Å². The van der Waals surface area contributed by atoms with Crippen molar-refractivity contribution >= 4 is 18.3 Å². The average molecular weight is 270 g/mol.